The number of imidazole rings is 1. The van der Waals surface area contributed by atoms with E-state index in [2.05, 4.69) is 21.9 Å². The van der Waals surface area contributed by atoms with Gasteiger partial charge in [0, 0.05) is 0 Å². The lowest BCUT2D eigenvalue weighted by atomic mass is 10.1. The van der Waals surface area contributed by atoms with Crippen molar-refractivity contribution in [2.75, 3.05) is 5.73 Å². The molecule has 2 aromatic rings. The molecule has 22 heavy (non-hydrogen) atoms. The summed E-state index contributed by atoms with van der Waals surface area (Å²) >= 11 is 0. The number of hydrogen-bond acceptors (Lipinski definition) is 7. The molecular weight excluding hydrogens is 286 g/mol. The van der Waals surface area contributed by atoms with Crippen LogP contribution in [-0.4, -0.2) is 43.6 Å². The molecule has 2 fully saturated rings. The van der Waals surface area contributed by atoms with Crippen molar-refractivity contribution in [3.8, 4) is 0 Å². The molecule has 118 valence electrons. The van der Waals surface area contributed by atoms with Crippen molar-refractivity contribution in [3.63, 3.8) is 0 Å². The molecule has 8 nitrogen and oxygen atoms in total. The molecule has 0 radical (unpaired) electrons. The smallest absolute Gasteiger partial charge is 0.167 e. The minimum atomic E-state index is -0.616. The van der Waals surface area contributed by atoms with Crippen molar-refractivity contribution >= 4 is 17.0 Å². The SMILES string of the molecule is CC[C@H]1O[C@@H](n2cnc3c(N)ncnc32)[C@H]2OC(C)(C)OC12. The lowest BCUT2D eigenvalue weighted by Gasteiger charge is -2.24. The Labute approximate surface area is 127 Å². The molecule has 2 N–H and O–H groups in total. The van der Waals surface area contributed by atoms with Gasteiger partial charge in [-0.3, -0.25) is 4.57 Å². The normalized spacial score (nSPS) is 33.4. The second kappa shape index (κ2) is 4.61. The zero-order chi connectivity index (χ0) is 15.5. The molecular formula is C14H19N5O3. The van der Waals surface area contributed by atoms with Gasteiger partial charge in [0.2, 0.25) is 0 Å². The standard InChI is InChI=1S/C14H19N5O3/c1-4-7-9-10(22-14(2,3)21-9)13(20-7)19-6-18-8-11(15)16-5-17-12(8)19/h5-7,9-10,13H,4H2,1-3H3,(H2,15,16,17)/t7-,9?,10+,13-/m1/s1. The summed E-state index contributed by atoms with van der Waals surface area (Å²) in [7, 11) is 0. The van der Waals surface area contributed by atoms with Gasteiger partial charge < -0.3 is 19.9 Å². The summed E-state index contributed by atoms with van der Waals surface area (Å²) in [4.78, 5) is 12.5. The first-order valence-corrected chi connectivity index (χ1v) is 7.44. The van der Waals surface area contributed by atoms with E-state index in [9.17, 15) is 0 Å². The first-order chi connectivity index (χ1) is 10.5. The number of aromatic nitrogens is 4. The van der Waals surface area contributed by atoms with E-state index in [0.29, 0.717) is 17.0 Å². The molecule has 2 aromatic heterocycles. The number of ether oxygens (including phenoxy) is 3. The zero-order valence-corrected chi connectivity index (χ0v) is 12.8. The predicted molar refractivity (Wildman–Crippen MR) is 77.8 cm³/mol. The van der Waals surface area contributed by atoms with Crippen molar-refractivity contribution in [2.24, 2.45) is 0 Å². The van der Waals surface area contributed by atoms with Gasteiger partial charge in [-0.15, -0.1) is 0 Å². The minimum absolute atomic E-state index is 0.0200. The molecule has 4 rings (SSSR count). The third-order valence-corrected chi connectivity index (χ3v) is 4.19. The Balaban J connectivity index is 1.77. The number of anilines is 1. The highest BCUT2D eigenvalue weighted by atomic mass is 16.8. The van der Waals surface area contributed by atoms with Crippen molar-refractivity contribution in [2.45, 2.75) is 57.5 Å². The lowest BCUT2D eigenvalue weighted by Crippen LogP contribution is -2.28. The molecule has 2 aliphatic rings. The molecule has 0 saturated carbocycles. The molecule has 0 amide bonds. The molecule has 2 aliphatic heterocycles. The van der Waals surface area contributed by atoms with Gasteiger partial charge >= 0.3 is 0 Å². The minimum Gasteiger partial charge on any atom is -0.382 e. The van der Waals surface area contributed by atoms with E-state index in [1.807, 2.05) is 18.4 Å². The largest absolute Gasteiger partial charge is 0.382 e. The number of nitrogen functional groups attached to an aromatic ring is 1. The molecule has 0 bridgehead atoms. The predicted octanol–water partition coefficient (Wildman–Crippen LogP) is 1.24. The second-order valence-electron chi connectivity index (χ2n) is 6.12. The summed E-state index contributed by atoms with van der Waals surface area (Å²) in [5.41, 5.74) is 7.06. The van der Waals surface area contributed by atoms with Crippen LogP contribution >= 0.6 is 0 Å². The molecule has 1 unspecified atom stereocenters. The molecule has 0 aromatic carbocycles. The third-order valence-electron chi connectivity index (χ3n) is 4.19. The average molecular weight is 305 g/mol. The Morgan fingerprint density at radius 1 is 1.23 bits per heavy atom. The quantitative estimate of drug-likeness (QED) is 0.891. The van der Waals surface area contributed by atoms with Crippen LogP contribution in [0.2, 0.25) is 0 Å². The van der Waals surface area contributed by atoms with Crippen LogP contribution in [0.4, 0.5) is 5.82 Å². The van der Waals surface area contributed by atoms with Crippen LogP contribution < -0.4 is 5.73 Å². The lowest BCUT2D eigenvalue weighted by molar-refractivity contribution is -0.196. The number of hydrogen-bond donors (Lipinski definition) is 1. The van der Waals surface area contributed by atoms with E-state index in [4.69, 9.17) is 19.9 Å². The van der Waals surface area contributed by atoms with Crippen molar-refractivity contribution < 1.29 is 14.2 Å². The Kier molecular flexibility index (Phi) is 2.91. The van der Waals surface area contributed by atoms with Crippen LogP contribution in [0.25, 0.3) is 11.2 Å². The van der Waals surface area contributed by atoms with Crippen LogP contribution in [0.15, 0.2) is 12.7 Å². The van der Waals surface area contributed by atoms with E-state index in [1.165, 1.54) is 6.33 Å². The molecule has 8 heteroatoms. The first-order valence-electron chi connectivity index (χ1n) is 7.44. The summed E-state index contributed by atoms with van der Waals surface area (Å²) in [5.74, 6) is -0.260. The van der Waals surface area contributed by atoms with Crippen molar-refractivity contribution in [3.05, 3.63) is 12.7 Å². The van der Waals surface area contributed by atoms with E-state index in [-0.39, 0.29) is 24.5 Å². The Morgan fingerprint density at radius 3 is 2.77 bits per heavy atom. The van der Waals surface area contributed by atoms with Gasteiger partial charge in [-0.1, -0.05) is 6.92 Å². The number of nitrogens with two attached hydrogens (primary N) is 1. The van der Waals surface area contributed by atoms with Crippen LogP contribution in [0.1, 0.15) is 33.4 Å². The van der Waals surface area contributed by atoms with E-state index >= 15 is 0 Å². The van der Waals surface area contributed by atoms with E-state index in [0.717, 1.165) is 6.42 Å². The summed E-state index contributed by atoms with van der Waals surface area (Å²) in [5, 5.41) is 0. The highest BCUT2D eigenvalue weighted by Gasteiger charge is 2.55. The van der Waals surface area contributed by atoms with Gasteiger partial charge in [-0.25, -0.2) is 15.0 Å². The Morgan fingerprint density at radius 2 is 2.00 bits per heavy atom. The van der Waals surface area contributed by atoms with Gasteiger partial charge in [0.25, 0.3) is 0 Å². The first kappa shape index (κ1) is 13.9. The highest BCUT2D eigenvalue weighted by molar-refractivity contribution is 5.81. The summed E-state index contributed by atoms with van der Waals surface area (Å²) in [6.45, 7) is 5.91. The van der Waals surface area contributed by atoms with Crippen LogP contribution in [0.5, 0.6) is 0 Å². The van der Waals surface area contributed by atoms with Crippen LogP contribution in [0, 0.1) is 0 Å². The summed E-state index contributed by atoms with van der Waals surface area (Å²) in [6.07, 6.45) is 3.29. The number of nitrogens with zero attached hydrogens (tertiary/aromatic N) is 4. The Hall–Kier alpha value is -1.77. The summed E-state index contributed by atoms with van der Waals surface area (Å²) in [6, 6.07) is 0. The van der Waals surface area contributed by atoms with E-state index < -0.39 is 5.79 Å². The van der Waals surface area contributed by atoms with Gasteiger partial charge in [0.1, 0.15) is 24.1 Å². The Bertz CT molecular complexity index is 716. The fraction of sp³-hybridized carbons (Fsp3) is 0.643. The molecule has 0 aliphatic carbocycles. The van der Waals surface area contributed by atoms with Crippen LogP contribution in [-0.2, 0) is 14.2 Å². The van der Waals surface area contributed by atoms with Gasteiger partial charge in [-0.2, -0.15) is 0 Å². The average Bonchev–Trinajstić information content (AvgIpc) is 3.10. The van der Waals surface area contributed by atoms with Crippen LogP contribution in [0.3, 0.4) is 0 Å². The summed E-state index contributed by atoms with van der Waals surface area (Å²) < 4.78 is 20.0. The molecule has 4 heterocycles. The molecule has 0 spiro atoms. The van der Waals surface area contributed by atoms with E-state index in [1.54, 1.807) is 6.33 Å². The van der Waals surface area contributed by atoms with Crippen molar-refractivity contribution in [1.29, 1.82) is 0 Å². The van der Waals surface area contributed by atoms with Crippen molar-refractivity contribution in [1.82, 2.24) is 19.5 Å². The van der Waals surface area contributed by atoms with Gasteiger partial charge in [-0.05, 0) is 20.3 Å². The molecule has 4 atom stereocenters. The maximum atomic E-state index is 6.14. The number of fused-ring (bicyclic) bond motifs is 2. The highest BCUT2D eigenvalue weighted by Crippen LogP contribution is 2.44. The number of rotatable bonds is 2. The zero-order valence-electron chi connectivity index (χ0n) is 12.8. The maximum Gasteiger partial charge on any atom is 0.167 e. The fourth-order valence-electron chi connectivity index (χ4n) is 3.27. The topological polar surface area (TPSA) is 97.3 Å². The second-order valence-corrected chi connectivity index (χ2v) is 6.12. The third kappa shape index (κ3) is 1.91. The fourth-order valence-corrected chi connectivity index (χ4v) is 3.27. The molecule has 2 saturated heterocycles. The van der Waals surface area contributed by atoms with Gasteiger partial charge in [0.05, 0.1) is 12.4 Å². The maximum absolute atomic E-state index is 6.14. The van der Waals surface area contributed by atoms with Gasteiger partial charge in [0.15, 0.2) is 23.5 Å². The monoisotopic (exact) mass is 305 g/mol.